The highest BCUT2D eigenvalue weighted by Crippen LogP contribution is 2.21. The molecule has 128 valence electrons. The van der Waals surface area contributed by atoms with Gasteiger partial charge in [-0.05, 0) is 36.8 Å². The van der Waals surface area contributed by atoms with Crippen LogP contribution in [-0.2, 0) is 0 Å². The van der Waals surface area contributed by atoms with Crippen LogP contribution in [-0.4, -0.2) is 42.1 Å². The van der Waals surface area contributed by atoms with Gasteiger partial charge >= 0.3 is 6.03 Å². The van der Waals surface area contributed by atoms with Crippen LogP contribution in [0.5, 0.6) is 0 Å². The van der Waals surface area contributed by atoms with Crippen molar-refractivity contribution in [1.82, 2.24) is 9.88 Å². The van der Waals surface area contributed by atoms with Gasteiger partial charge in [-0.3, -0.25) is 0 Å². The minimum atomic E-state index is -0.140. The summed E-state index contributed by atoms with van der Waals surface area (Å²) in [6, 6.07) is 12.8. The third-order valence-electron chi connectivity index (χ3n) is 4.16. The standard InChI is InChI=1S/C18H18ClN5O/c1-13-5-6-14(11-16(13)19)22-18(25)24-9-7-23(8-10-24)17-4-2-3-15(12-20)21-17/h2-6,11H,7-10H2,1H3,(H,22,25). The monoisotopic (exact) mass is 355 g/mol. The summed E-state index contributed by atoms with van der Waals surface area (Å²) in [4.78, 5) is 20.5. The van der Waals surface area contributed by atoms with Crippen LogP contribution in [0.1, 0.15) is 11.3 Å². The molecule has 6 nitrogen and oxygen atoms in total. The second-order valence-electron chi connectivity index (χ2n) is 5.86. The predicted octanol–water partition coefficient (Wildman–Crippen LogP) is 3.27. The molecule has 1 aromatic heterocycles. The van der Waals surface area contributed by atoms with E-state index in [1.54, 1.807) is 17.0 Å². The van der Waals surface area contributed by atoms with Crippen LogP contribution in [0.25, 0.3) is 0 Å². The van der Waals surface area contributed by atoms with E-state index in [1.807, 2.05) is 37.3 Å². The maximum Gasteiger partial charge on any atom is 0.321 e. The fourth-order valence-corrected chi connectivity index (χ4v) is 2.85. The van der Waals surface area contributed by atoms with Crippen molar-refractivity contribution in [3.63, 3.8) is 0 Å². The van der Waals surface area contributed by atoms with E-state index in [1.165, 1.54) is 0 Å². The molecule has 25 heavy (non-hydrogen) atoms. The van der Waals surface area contributed by atoms with Crippen molar-refractivity contribution >= 4 is 29.1 Å². The molecule has 1 aliphatic rings. The van der Waals surface area contributed by atoms with Gasteiger partial charge in [0.05, 0.1) is 0 Å². The van der Waals surface area contributed by atoms with Crippen LogP contribution in [0.15, 0.2) is 36.4 Å². The van der Waals surface area contributed by atoms with Crippen molar-refractivity contribution in [2.75, 3.05) is 36.4 Å². The molecule has 2 amide bonds. The summed E-state index contributed by atoms with van der Waals surface area (Å²) in [6.45, 7) is 4.43. The SMILES string of the molecule is Cc1ccc(NC(=O)N2CCN(c3cccc(C#N)n3)CC2)cc1Cl. The van der Waals surface area contributed by atoms with Crippen LogP contribution < -0.4 is 10.2 Å². The van der Waals surface area contributed by atoms with E-state index in [2.05, 4.69) is 15.2 Å². The van der Waals surface area contributed by atoms with Crippen LogP contribution in [0.3, 0.4) is 0 Å². The molecule has 0 unspecified atom stereocenters. The Morgan fingerprint density at radius 1 is 1.24 bits per heavy atom. The number of aryl methyl sites for hydroxylation is 1. The van der Waals surface area contributed by atoms with Gasteiger partial charge in [0.25, 0.3) is 0 Å². The third-order valence-corrected chi connectivity index (χ3v) is 4.57. The fourth-order valence-electron chi connectivity index (χ4n) is 2.67. The first kappa shape index (κ1) is 17.1. The van der Waals surface area contributed by atoms with Crippen LogP contribution in [0, 0.1) is 18.3 Å². The van der Waals surface area contributed by atoms with E-state index in [0.717, 1.165) is 11.4 Å². The normalized spacial score (nSPS) is 14.1. The number of rotatable bonds is 2. The zero-order chi connectivity index (χ0) is 17.8. The average molecular weight is 356 g/mol. The molecular weight excluding hydrogens is 338 g/mol. The lowest BCUT2D eigenvalue weighted by molar-refractivity contribution is 0.208. The molecule has 7 heteroatoms. The molecule has 1 aliphatic heterocycles. The lowest BCUT2D eigenvalue weighted by Crippen LogP contribution is -2.50. The summed E-state index contributed by atoms with van der Waals surface area (Å²) in [5.74, 6) is 0.768. The highest BCUT2D eigenvalue weighted by atomic mass is 35.5. The Hall–Kier alpha value is -2.78. The number of amides is 2. The number of nitrogens with zero attached hydrogens (tertiary/aromatic N) is 4. The van der Waals surface area contributed by atoms with E-state index in [9.17, 15) is 4.79 Å². The molecule has 2 aromatic rings. The number of pyridine rings is 1. The molecule has 1 aromatic carbocycles. The van der Waals surface area contributed by atoms with E-state index in [-0.39, 0.29) is 6.03 Å². The van der Waals surface area contributed by atoms with E-state index < -0.39 is 0 Å². The molecule has 1 saturated heterocycles. The Bertz CT molecular complexity index is 824. The Kier molecular flexibility index (Phi) is 5.05. The van der Waals surface area contributed by atoms with Crippen LogP contribution in [0.2, 0.25) is 5.02 Å². The molecule has 1 N–H and O–H groups in total. The summed E-state index contributed by atoms with van der Waals surface area (Å²) < 4.78 is 0. The molecular formula is C18H18ClN5O. The smallest absolute Gasteiger partial charge is 0.321 e. The highest BCUT2D eigenvalue weighted by Gasteiger charge is 2.22. The molecule has 0 spiro atoms. The molecule has 0 atom stereocenters. The first-order chi connectivity index (χ1) is 12.1. The van der Waals surface area contributed by atoms with Crippen molar-refractivity contribution in [2.45, 2.75) is 6.92 Å². The van der Waals surface area contributed by atoms with Gasteiger partial charge in [-0.15, -0.1) is 0 Å². The zero-order valence-corrected chi connectivity index (χ0v) is 14.6. The largest absolute Gasteiger partial charge is 0.353 e. The van der Waals surface area contributed by atoms with Gasteiger partial charge in [0.2, 0.25) is 0 Å². The lowest BCUT2D eigenvalue weighted by Gasteiger charge is -2.35. The number of carbonyl (C=O) groups excluding carboxylic acids is 1. The first-order valence-electron chi connectivity index (χ1n) is 8.01. The van der Waals surface area contributed by atoms with Crippen LogP contribution >= 0.6 is 11.6 Å². The molecule has 0 bridgehead atoms. The first-order valence-corrected chi connectivity index (χ1v) is 8.39. The van der Waals surface area contributed by atoms with Crippen molar-refractivity contribution in [3.8, 4) is 6.07 Å². The minimum absolute atomic E-state index is 0.140. The van der Waals surface area contributed by atoms with Gasteiger partial charge in [0.1, 0.15) is 17.6 Å². The number of hydrogen-bond donors (Lipinski definition) is 1. The molecule has 0 saturated carbocycles. The number of nitriles is 1. The van der Waals surface area contributed by atoms with E-state index in [4.69, 9.17) is 16.9 Å². The molecule has 0 radical (unpaired) electrons. The Balaban J connectivity index is 1.58. The third kappa shape index (κ3) is 4.01. The molecule has 3 rings (SSSR count). The highest BCUT2D eigenvalue weighted by molar-refractivity contribution is 6.31. The number of carbonyl (C=O) groups is 1. The van der Waals surface area contributed by atoms with Crippen molar-refractivity contribution < 1.29 is 4.79 Å². The Morgan fingerprint density at radius 2 is 2.00 bits per heavy atom. The number of anilines is 2. The van der Waals surface area contributed by atoms with Gasteiger partial charge in [-0.25, -0.2) is 9.78 Å². The number of urea groups is 1. The van der Waals surface area contributed by atoms with E-state index in [0.29, 0.717) is 42.6 Å². The second-order valence-corrected chi connectivity index (χ2v) is 6.27. The average Bonchev–Trinajstić information content (AvgIpc) is 2.65. The Labute approximate surface area is 151 Å². The van der Waals surface area contributed by atoms with Crippen LogP contribution in [0.4, 0.5) is 16.3 Å². The Morgan fingerprint density at radius 3 is 2.68 bits per heavy atom. The molecule has 2 heterocycles. The topological polar surface area (TPSA) is 72.3 Å². The number of hydrogen-bond acceptors (Lipinski definition) is 4. The van der Waals surface area contributed by atoms with Gasteiger partial charge in [0, 0.05) is 36.9 Å². The fraction of sp³-hybridized carbons (Fsp3) is 0.278. The second kappa shape index (κ2) is 7.41. The van der Waals surface area contributed by atoms with Crippen molar-refractivity contribution in [2.24, 2.45) is 0 Å². The van der Waals surface area contributed by atoms with Crippen molar-refractivity contribution in [1.29, 1.82) is 5.26 Å². The number of piperazine rings is 1. The maximum absolute atomic E-state index is 12.4. The number of halogens is 1. The molecule has 0 aliphatic carbocycles. The summed E-state index contributed by atoms with van der Waals surface area (Å²) in [5, 5.41) is 12.5. The van der Waals surface area contributed by atoms with Crippen molar-refractivity contribution in [3.05, 3.63) is 52.7 Å². The van der Waals surface area contributed by atoms with Gasteiger partial charge in [0.15, 0.2) is 0 Å². The predicted molar refractivity (Wildman–Crippen MR) is 97.9 cm³/mol. The summed E-state index contributed by atoms with van der Waals surface area (Å²) >= 11 is 6.09. The van der Waals surface area contributed by atoms with Gasteiger partial charge in [-0.2, -0.15) is 5.26 Å². The quantitative estimate of drug-likeness (QED) is 0.897. The summed E-state index contributed by atoms with van der Waals surface area (Å²) in [5.41, 5.74) is 2.06. The summed E-state index contributed by atoms with van der Waals surface area (Å²) in [7, 11) is 0. The minimum Gasteiger partial charge on any atom is -0.353 e. The zero-order valence-electron chi connectivity index (χ0n) is 13.9. The number of benzene rings is 1. The summed E-state index contributed by atoms with van der Waals surface area (Å²) in [6.07, 6.45) is 0. The lowest BCUT2D eigenvalue weighted by atomic mass is 10.2. The maximum atomic E-state index is 12.4. The van der Waals surface area contributed by atoms with E-state index >= 15 is 0 Å². The number of aromatic nitrogens is 1. The number of nitrogens with one attached hydrogen (secondary N) is 1. The molecule has 1 fully saturated rings. The van der Waals surface area contributed by atoms with Gasteiger partial charge < -0.3 is 15.1 Å². The van der Waals surface area contributed by atoms with Gasteiger partial charge in [-0.1, -0.05) is 23.7 Å².